The fourth-order valence-electron chi connectivity index (χ4n) is 3.01. The molecule has 21 heavy (non-hydrogen) atoms. The van der Waals surface area contributed by atoms with Crippen molar-refractivity contribution in [3.8, 4) is 0 Å². The van der Waals surface area contributed by atoms with Gasteiger partial charge in [-0.3, -0.25) is 4.79 Å². The molecule has 0 saturated carbocycles. The minimum Gasteiger partial charge on any atom is -0.510 e. The van der Waals surface area contributed by atoms with Crippen molar-refractivity contribution in [3.63, 3.8) is 0 Å². The van der Waals surface area contributed by atoms with Crippen LogP contribution in [-0.2, 0) is 4.79 Å². The predicted molar refractivity (Wildman–Crippen MR) is 86.7 cm³/mol. The summed E-state index contributed by atoms with van der Waals surface area (Å²) >= 11 is 0. The van der Waals surface area contributed by atoms with Gasteiger partial charge in [0.1, 0.15) is 5.76 Å². The first-order chi connectivity index (χ1) is 9.69. The van der Waals surface area contributed by atoms with E-state index in [4.69, 9.17) is 0 Å². The van der Waals surface area contributed by atoms with Crippen LogP contribution in [0.4, 0.5) is 5.69 Å². The second-order valence-electron chi connectivity index (χ2n) is 7.16. The highest BCUT2D eigenvalue weighted by Gasteiger charge is 2.37. The van der Waals surface area contributed by atoms with E-state index in [-0.39, 0.29) is 23.0 Å². The second-order valence-corrected chi connectivity index (χ2v) is 7.16. The Morgan fingerprint density at radius 3 is 2.57 bits per heavy atom. The number of Topliss-reactive ketones (excluding diaryl/α,β-unsaturated/α-hetero) is 1. The third kappa shape index (κ3) is 3.46. The Morgan fingerprint density at radius 2 is 2.05 bits per heavy atom. The molecule has 1 aromatic carbocycles. The maximum absolute atomic E-state index is 12.0. The molecule has 1 aromatic rings. The average Bonchev–Trinajstić information content (AvgIpc) is 2.63. The molecular formula is C18H25NO2. The highest BCUT2D eigenvalue weighted by molar-refractivity contribution is 5.96. The molecule has 3 nitrogen and oxygen atoms in total. The molecule has 1 N–H and O–H groups in total. The molecule has 1 aliphatic rings. The van der Waals surface area contributed by atoms with Gasteiger partial charge in [0.05, 0.1) is 18.2 Å². The molecule has 0 aliphatic carbocycles. The lowest BCUT2D eigenvalue weighted by molar-refractivity contribution is -0.114. The monoisotopic (exact) mass is 287 g/mol. The van der Waals surface area contributed by atoms with Crippen LogP contribution in [0.1, 0.15) is 39.7 Å². The molecule has 1 atom stereocenters. The Balaban J connectivity index is 2.40. The number of aliphatic hydroxyl groups excluding tert-OH is 1. The second kappa shape index (κ2) is 5.55. The molecule has 1 unspecified atom stereocenters. The SMILES string of the molecule is CC(=O)C1=C(O)CN(c2cccc(C)c2)C1CC(C)(C)C. The molecule has 2 rings (SSSR count). The zero-order valence-corrected chi connectivity index (χ0v) is 13.6. The quantitative estimate of drug-likeness (QED) is 0.912. The molecule has 3 heteroatoms. The summed E-state index contributed by atoms with van der Waals surface area (Å²) in [6.07, 6.45) is 0.833. The molecule has 0 aromatic heterocycles. The summed E-state index contributed by atoms with van der Waals surface area (Å²) in [7, 11) is 0. The van der Waals surface area contributed by atoms with Gasteiger partial charge in [0.15, 0.2) is 5.78 Å². The molecular weight excluding hydrogens is 262 g/mol. The number of carbonyl (C=O) groups is 1. The van der Waals surface area contributed by atoms with Gasteiger partial charge in [0, 0.05) is 5.69 Å². The van der Waals surface area contributed by atoms with Crippen molar-refractivity contribution in [3.05, 3.63) is 41.2 Å². The number of hydrogen-bond donors (Lipinski definition) is 1. The van der Waals surface area contributed by atoms with Crippen molar-refractivity contribution in [2.24, 2.45) is 5.41 Å². The lowest BCUT2D eigenvalue weighted by atomic mass is 9.84. The van der Waals surface area contributed by atoms with Crippen molar-refractivity contribution in [1.29, 1.82) is 0 Å². The van der Waals surface area contributed by atoms with Gasteiger partial charge >= 0.3 is 0 Å². The average molecular weight is 287 g/mol. The summed E-state index contributed by atoms with van der Waals surface area (Å²) in [4.78, 5) is 14.1. The number of aliphatic hydroxyl groups is 1. The van der Waals surface area contributed by atoms with Crippen LogP contribution in [0, 0.1) is 12.3 Å². The zero-order chi connectivity index (χ0) is 15.8. The molecule has 0 saturated heterocycles. The van der Waals surface area contributed by atoms with Crippen LogP contribution < -0.4 is 4.90 Å². The van der Waals surface area contributed by atoms with Gasteiger partial charge in [-0.2, -0.15) is 0 Å². The Morgan fingerprint density at radius 1 is 1.38 bits per heavy atom. The molecule has 0 radical (unpaired) electrons. The Hall–Kier alpha value is -1.77. The summed E-state index contributed by atoms with van der Waals surface area (Å²) in [5, 5.41) is 10.2. The Labute approximate surface area is 127 Å². The topological polar surface area (TPSA) is 40.5 Å². The maximum Gasteiger partial charge on any atom is 0.161 e. The van der Waals surface area contributed by atoms with Crippen LogP contribution in [-0.4, -0.2) is 23.5 Å². The van der Waals surface area contributed by atoms with E-state index in [1.54, 1.807) is 6.92 Å². The van der Waals surface area contributed by atoms with Gasteiger partial charge in [-0.1, -0.05) is 32.9 Å². The van der Waals surface area contributed by atoms with Crippen LogP contribution >= 0.6 is 0 Å². The molecule has 1 aliphatic heterocycles. The van der Waals surface area contributed by atoms with Crippen molar-refractivity contribution < 1.29 is 9.90 Å². The maximum atomic E-state index is 12.0. The van der Waals surface area contributed by atoms with Gasteiger partial charge in [0.2, 0.25) is 0 Å². The number of carbonyl (C=O) groups excluding carboxylic acids is 1. The minimum atomic E-state index is -0.0516. The summed E-state index contributed by atoms with van der Waals surface area (Å²) in [6, 6.07) is 8.16. The third-order valence-electron chi connectivity index (χ3n) is 3.86. The number of ketones is 1. The van der Waals surface area contributed by atoms with Crippen LogP contribution in [0.15, 0.2) is 35.6 Å². The number of nitrogens with zero attached hydrogens (tertiary/aromatic N) is 1. The molecule has 0 amide bonds. The number of hydrogen-bond acceptors (Lipinski definition) is 3. The van der Waals surface area contributed by atoms with Gasteiger partial charge in [-0.05, 0) is 43.4 Å². The fraction of sp³-hybridized carbons (Fsp3) is 0.500. The standard InChI is InChI=1S/C18H25NO2/c1-12-7-6-8-14(9-12)19-11-16(21)17(13(2)20)15(19)10-18(3,4)5/h6-9,15,21H,10-11H2,1-5H3. The summed E-state index contributed by atoms with van der Waals surface area (Å²) in [5.74, 6) is 0.190. The van der Waals surface area contributed by atoms with Gasteiger partial charge in [0.25, 0.3) is 0 Å². The molecule has 1 heterocycles. The van der Waals surface area contributed by atoms with Crippen molar-refractivity contribution in [1.82, 2.24) is 0 Å². The largest absolute Gasteiger partial charge is 0.510 e. The van der Waals surface area contributed by atoms with Crippen molar-refractivity contribution in [2.45, 2.75) is 47.1 Å². The first kappa shape index (κ1) is 15.6. The Kier molecular flexibility index (Phi) is 4.13. The first-order valence-electron chi connectivity index (χ1n) is 7.45. The van der Waals surface area contributed by atoms with Gasteiger partial charge in [-0.25, -0.2) is 0 Å². The zero-order valence-electron chi connectivity index (χ0n) is 13.6. The van der Waals surface area contributed by atoms with Crippen molar-refractivity contribution in [2.75, 3.05) is 11.4 Å². The van der Waals surface area contributed by atoms with Crippen molar-refractivity contribution >= 4 is 11.5 Å². The van der Waals surface area contributed by atoms with E-state index in [2.05, 4.69) is 44.7 Å². The lowest BCUT2D eigenvalue weighted by Crippen LogP contribution is -2.36. The van der Waals surface area contributed by atoms with Crippen LogP contribution in [0.25, 0.3) is 0 Å². The van der Waals surface area contributed by atoms with E-state index in [1.807, 2.05) is 12.1 Å². The summed E-state index contributed by atoms with van der Waals surface area (Å²) in [6.45, 7) is 10.5. The van der Waals surface area contributed by atoms with Gasteiger partial charge in [-0.15, -0.1) is 0 Å². The van der Waals surface area contributed by atoms with E-state index in [0.29, 0.717) is 12.1 Å². The number of rotatable bonds is 3. The highest BCUT2D eigenvalue weighted by Crippen LogP contribution is 2.36. The summed E-state index contributed by atoms with van der Waals surface area (Å²) in [5.41, 5.74) is 2.90. The number of anilines is 1. The lowest BCUT2D eigenvalue weighted by Gasteiger charge is -2.33. The van der Waals surface area contributed by atoms with E-state index in [0.717, 1.165) is 12.1 Å². The fourth-order valence-corrected chi connectivity index (χ4v) is 3.01. The third-order valence-corrected chi connectivity index (χ3v) is 3.86. The van der Waals surface area contributed by atoms with Crippen LogP contribution in [0.5, 0.6) is 0 Å². The van der Waals surface area contributed by atoms with E-state index in [1.165, 1.54) is 5.56 Å². The molecule has 0 fully saturated rings. The number of aryl methyl sites for hydroxylation is 1. The van der Waals surface area contributed by atoms with Gasteiger partial charge < -0.3 is 10.0 Å². The van der Waals surface area contributed by atoms with Crippen LogP contribution in [0.2, 0.25) is 0 Å². The van der Waals surface area contributed by atoms with E-state index < -0.39 is 0 Å². The number of benzene rings is 1. The first-order valence-corrected chi connectivity index (χ1v) is 7.45. The Bertz CT molecular complexity index is 581. The smallest absolute Gasteiger partial charge is 0.161 e. The molecule has 0 spiro atoms. The predicted octanol–water partition coefficient (Wildman–Crippen LogP) is 4.02. The van der Waals surface area contributed by atoms with Crippen LogP contribution in [0.3, 0.4) is 0 Å². The van der Waals surface area contributed by atoms with E-state index in [9.17, 15) is 9.90 Å². The highest BCUT2D eigenvalue weighted by atomic mass is 16.3. The van der Waals surface area contributed by atoms with E-state index >= 15 is 0 Å². The minimum absolute atomic E-state index is 0.0306. The molecule has 114 valence electrons. The normalized spacial score (nSPS) is 19.3. The summed E-state index contributed by atoms with van der Waals surface area (Å²) < 4.78 is 0. The molecule has 0 bridgehead atoms.